The van der Waals surface area contributed by atoms with Crippen LogP contribution >= 0.6 is 0 Å². The summed E-state index contributed by atoms with van der Waals surface area (Å²) in [5.41, 5.74) is 0.940. The van der Waals surface area contributed by atoms with E-state index in [-0.39, 0.29) is 5.84 Å². The van der Waals surface area contributed by atoms with Crippen molar-refractivity contribution in [1.29, 1.82) is 5.41 Å². The number of rotatable bonds is 1. The average Bonchev–Trinajstić information content (AvgIpc) is 2.39. The number of benzene rings is 1. The van der Waals surface area contributed by atoms with Gasteiger partial charge in [0.25, 0.3) is 0 Å². The van der Waals surface area contributed by atoms with Crippen LogP contribution < -0.4 is 4.90 Å². The second kappa shape index (κ2) is 3.33. The molecule has 2 rings (SSSR count). The van der Waals surface area contributed by atoms with Crippen molar-refractivity contribution in [2.24, 2.45) is 0 Å². The number of hydrogen-bond donors (Lipinski definition) is 1. The first-order valence-electron chi connectivity index (χ1n) is 5.10. The van der Waals surface area contributed by atoms with Crippen molar-refractivity contribution in [3.63, 3.8) is 0 Å². The highest BCUT2D eigenvalue weighted by Crippen LogP contribution is 2.29. The second-order valence-electron chi connectivity index (χ2n) is 4.40. The predicted molar refractivity (Wildman–Crippen MR) is 61.9 cm³/mol. The minimum absolute atomic E-state index is 0.168. The lowest BCUT2D eigenvalue weighted by molar-refractivity contribution is 0.110. The smallest absolute Gasteiger partial charge is 0.421 e. The summed E-state index contributed by atoms with van der Waals surface area (Å²) in [6.07, 6.45) is -0.487. The second-order valence-corrected chi connectivity index (χ2v) is 4.40. The number of cyclic esters (lactones) is 1. The number of aryl methyl sites for hydroxylation is 1. The fraction of sp³-hybridized carbons (Fsp3) is 0.333. The maximum atomic E-state index is 11.6. The Morgan fingerprint density at radius 2 is 1.81 bits per heavy atom. The Labute approximate surface area is 94.3 Å². The normalized spacial score (nSPS) is 18.8. The van der Waals surface area contributed by atoms with Crippen molar-refractivity contribution in [3.8, 4) is 0 Å². The molecule has 1 fully saturated rings. The highest BCUT2D eigenvalue weighted by atomic mass is 16.6. The van der Waals surface area contributed by atoms with Crippen LogP contribution in [0.1, 0.15) is 19.4 Å². The number of amidine groups is 1. The molecule has 1 heterocycles. The Hall–Kier alpha value is -1.84. The summed E-state index contributed by atoms with van der Waals surface area (Å²) in [5, 5.41) is 7.91. The highest BCUT2D eigenvalue weighted by Gasteiger charge is 2.44. The third kappa shape index (κ3) is 1.56. The van der Waals surface area contributed by atoms with Gasteiger partial charge in [-0.25, -0.2) is 9.69 Å². The van der Waals surface area contributed by atoms with Crippen LogP contribution in [0.3, 0.4) is 0 Å². The molecule has 0 saturated carbocycles. The number of carbonyl (C=O) groups excluding carboxylic acids is 1. The summed E-state index contributed by atoms with van der Waals surface area (Å²) in [5.74, 6) is 0.168. The lowest BCUT2D eigenvalue weighted by Crippen LogP contribution is -2.35. The zero-order valence-electron chi connectivity index (χ0n) is 9.57. The van der Waals surface area contributed by atoms with Gasteiger partial charge in [0.15, 0.2) is 11.4 Å². The molecule has 1 N–H and O–H groups in total. The van der Waals surface area contributed by atoms with E-state index >= 15 is 0 Å². The largest absolute Gasteiger partial charge is 0.435 e. The number of carbonyl (C=O) groups is 1. The van der Waals surface area contributed by atoms with Gasteiger partial charge in [0, 0.05) is 0 Å². The van der Waals surface area contributed by atoms with Crippen molar-refractivity contribution in [2.75, 3.05) is 4.90 Å². The summed E-state index contributed by atoms with van der Waals surface area (Å²) >= 11 is 0. The van der Waals surface area contributed by atoms with Crippen molar-refractivity contribution in [2.45, 2.75) is 26.4 Å². The quantitative estimate of drug-likeness (QED) is 0.787. The SMILES string of the molecule is Cc1ccc(N2C(=N)C(C)(C)OC2=O)cc1. The van der Waals surface area contributed by atoms with Crippen LogP contribution in [0.15, 0.2) is 24.3 Å². The Bertz CT molecular complexity index is 449. The maximum absolute atomic E-state index is 11.6. The Balaban J connectivity index is 2.39. The zero-order valence-corrected chi connectivity index (χ0v) is 9.57. The highest BCUT2D eigenvalue weighted by molar-refractivity contribution is 6.20. The van der Waals surface area contributed by atoms with Gasteiger partial charge in [-0.05, 0) is 32.9 Å². The summed E-state index contributed by atoms with van der Waals surface area (Å²) in [7, 11) is 0. The van der Waals surface area contributed by atoms with Crippen LogP contribution in [0.2, 0.25) is 0 Å². The van der Waals surface area contributed by atoms with Gasteiger partial charge in [-0.1, -0.05) is 17.7 Å². The molecule has 1 aromatic rings. The van der Waals surface area contributed by atoms with Crippen LogP contribution in [0, 0.1) is 12.3 Å². The molecule has 0 aliphatic carbocycles. The number of nitrogens with one attached hydrogen (secondary N) is 1. The van der Waals surface area contributed by atoms with Crippen molar-refractivity contribution in [1.82, 2.24) is 0 Å². The number of nitrogens with zero attached hydrogens (tertiary/aromatic N) is 1. The van der Waals surface area contributed by atoms with E-state index < -0.39 is 11.7 Å². The number of amides is 1. The van der Waals surface area contributed by atoms with E-state index in [1.165, 1.54) is 4.90 Å². The molecular formula is C12H14N2O2. The van der Waals surface area contributed by atoms with Crippen LogP contribution in [0.4, 0.5) is 10.5 Å². The van der Waals surface area contributed by atoms with E-state index in [0.29, 0.717) is 5.69 Å². The Morgan fingerprint density at radius 1 is 1.25 bits per heavy atom. The number of anilines is 1. The van der Waals surface area contributed by atoms with Crippen LogP contribution in [0.25, 0.3) is 0 Å². The molecule has 84 valence electrons. The zero-order chi connectivity index (χ0) is 11.9. The first kappa shape index (κ1) is 10.7. The van der Waals surface area contributed by atoms with Gasteiger partial charge in [-0.15, -0.1) is 0 Å². The van der Waals surface area contributed by atoms with Gasteiger partial charge >= 0.3 is 6.09 Å². The summed E-state index contributed by atoms with van der Waals surface area (Å²) in [6, 6.07) is 7.43. The van der Waals surface area contributed by atoms with Crippen LogP contribution in [-0.2, 0) is 4.74 Å². The molecule has 0 bridgehead atoms. The molecule has 4 nitrogen and oxygen atoms in total. The number of hydrogen-bond acceptors (Lipinski definition) is 3. The van der Waals surface area contributed by atoms with Gasteiger partial charge in [-0.3, -0.25) is 5.41 Å². The fourth-order valence-corrected chi connectivity index (χ4v) is 1.60. The predicted octanol–water partition coefficient (Wildman–Crippen LogP) is 2.71. The summed E-state index contributed by atoms with van der Waals surface area (Å²) in [6.45, 7) is 5.39. The van der Waals surface area contributed by atoms with Crippen LogP contribution in [0.5, 0.6) is 0 Å². The van der Waals surface area contributed by atoms with E-state index in [1.807, 2.05) is 31.2 Å². The Morgan fingerprint density at radius 3 is 2.25 bits per heavy atom. The molecule has 16 heavy (non-hydrogen) atoms. The van der Waals surface area contributed by atoms with E-state index in [9.17, 15) is 4.79 Å². The molecule has 0 atom stereocenters. The first-order valence-corrected chi connectivity index (χ1v) is 5.10. The molecule has 1 saturated heterocycles. The van der Waals surface area contributed by atoms with Crippen molar-refractivity contribution >= 4 is 17.6 Å². The Kier molecular flexibility index (Phi) is 2.22. The monoisotopic (exact) mass is 218 g/mol. The molecule has 1 aromatic carbocycles. The summed E-state index contributed by atoms with van der Waals surface area (Å²) < 4.78 is 5.12. The van der Waals surface area contributed by atoms with Gasteiger partial charge in [-0.2, -0.15) is 0 Å². The molecule has 0 radical (unpaired) electrons. The molecule has 1 aliphatic heterocycles. The summed E-state index contributed by atoms with van der Waals surface area (Å²) in [4.78, 5) is 12.9. The molecule has 0 aromatic heterocycles. The number of ether oxygens (including phenoxy) is 1. The standard InChI is InChI=1S/C12H14N2O2/c1-8-4-6-9(7-5-8)14-10(13)12(2,3)16-11(14)15/h4-7,13H,1-3H3. The lowest BCUT2D eigenvalue weighted by atomic mass is 10.1. The van der Waals surface area contributed by atoms with E-state index in [0.717, 1.165) is 5.56 Å². The van der Waals surface area contributed by atoms with Crippen LogP contribution in [-0.4, -0.2) is 17.5 Å². The van der Waals surface area contributed by atoms with E-state index in [2.05, 4.69) is 0 Å². The van der Waals surface area contributed by atoms with E-state index in [1.54, 1.807) is 13.8 Å². The molecular weight excluding hydrogens is 204 g/mol. The maximum Gasteiger partial charge on any atom is 0.421 e. The minimum Gasteiger partial charge on any atom is -0.435 e. The van der Waals surface area contributed by atoms with Gasteiger partial charge in [0.2, 0.25) is 0 Å². The van der Waals surface area contributed by atoms with Gasteiger partial charge in [0.05, 0.1) is 5.69 Å². The van der Waals surface area contributed by atoms with Gasteiger partial charge in [0.1, 0.15) is 0 Å². The molecule has 1 aliphatic rings. The molecule has 0 spiro atoms. The van der Waals surface area contributed by atoms with Gasteiger partial charge < -0.3 is 4.74 Å². The third-order valence-corrected chi connectivity index (χ3v) is 2.61. The molecule has 1 amide bonds. The molecule has 4 heteroatoms. The topological polar surface area (TPSA) is 53.4 Å². The average molecular weight is 218 g/mol. The molecule has 0 unspecified atom stereocenters. The lowest BCUT2D eigenvalue weighted by Gasteiger charge is -2.17. The third-order valence-electron chi connectivity index (χ3n) is 2.61. The van der Waals surface area contributed by atoms with E-state index in [4.69, 9.17) is 10.1 Å². The minimum atomic E-state index is -0.845. The fourth-order valence-electron chi connectivity index (χ4n) is 1.60. The van der Waals surface area contributed by atoms with Crippen molar-refractivity contribution in [3.05, 3.63) is 29.8 Å². The first-order chi connectivity index (χ1) is 7.42. The van der Waals surface area contributed by atoms with Crippen molar-refractivity contribution < 1.29 is 9.53 Å².